The molecule has 5 heteroatoms. The van der Waals surface area contributed by atoms with Crippen LogP contribution in [0, 0.1) is 17.2 Å². The number of rotatable bonds is 5. The molecule has 0 fully saturated rings. The van der Waals surface area contributed by atoms with Gasteiger partial charge in [0.25, 0.3) is 5.91 Å². The van der Waals surface area contributed by atoms with Crippen LogP contribution in [0.4, 0.5) is 10.2 Å². The first-order valence-electron chi connectivity index (χ1n) is 6.94. The minimum absolute atomic E-state index is 0.0251. The topological polar surface area (TPSA) is 54.0 Å². The van der Waals surface area contributed by atoms with E-state index in [1.165, 1.54) is 12.3 Å². The monoisotopic (exact) mass is 281 g/mol. The summed E-state index contributed by atoms with van der Waals surface area (Å²) in [5.41, 5.74) is 0.121. The summed E-state index contributed by atoms with van der Waals surface area (Å²) in [6.07, 6.45) is 1.43. The van der Waals surface area contributed by atoms with Crippen LogP contribution in [0.1, 0.15) is 45.0 Å². The highest BCUT2D eigenvalue weighted by atomic mass is 19.1. The van der Waals surface area contributed by atoms with Gasteiger partial charge in [0, 0.05) is 19.3 Å². The van der Waals surface area contributed by atoms with E-state index >= 15 is 0 Å². The maximum atomic E-state index is 14.1. The molecule has 0 aliphatic heterocycles. The van der Waals surface area contributed by atoms with Crippen LogP contribution < -0.4 is 10.6 Å². The van der Waals surface area contributed by atoms with Gasteiger partial charge in [0.05, 0.1) is 5.56 Å². The molecule has 2 N–H and O–H groups in total. The van der Waals surface area contributed by atoms with Crippen LogP contribution >= 0.6 is 0 Å². The summed E-state index contributed by atoms with van der Waals surface area (Å²) in [5.74, 6) is -0.593. The number of pyridine rings is 1. The third kappa shape index (κ3) is 4.18. The van der Waals surface area contributed by atoms with Gasteiger partial charge in [-0.2, -0.15) is 0 Å². The lowest BCUT2D eigenvalue weighted by molar-refractivity contribution is 0.0933. The fourth-order valence-electron chi connectivity index (χ4n) is 1.56. The zero-order chi connectivity index (χ0) is 15.3. The Morgan fingerprint density at radius 1 is 1.45 bits per heavy atom. The van der Waals surface area contributed by atoms with Crippen molar-refractivity contribution in [1.82, 2.24) is 10.3 Å². The van der Waals surface area contributed by atoms with Crippen molar-refractivity contribution in [2.45, 2.75) is 34.6 Å². The number of nitrogens with one attached hydrogen (secondary N) is 2. The van der Waals surface area contributed by atoms with E-state index in [-0.39, 0.29) is 16.8 Å². The molecule has 1 amide bonds. The van der Waals surface area contributed by atoms with E-state index in [4.69, 9.17) is 0 Å². The number of hydrogen-bond donors (Lipinski definition) is 2. The summed E-state index contributed by atoms with van der Waals surface area (Å²) in [6.45, 7) is 11.3. The van der Waals surface area contributed by atoms with Crippen LogP contribution in [-0.2, 0) is 0 Å². The molecule has 1 aromatic rings. The molecule has 0 bridgehead atoms. The molecule has 20 heavy (non-hydrogen) atoms. The van der Waals surface area contributed by atoms with Crippen molar-refractivity contribution in [2.24, 2.45) is 11.3 Å². The van der Waals surface area contributed by atoms with Gasteiger partial charge in [-0.05, 0) is 24.3 Å². The van der Waals surface area contributed by atoms with Gasteiger partial charge in [-0.1, -0.05) is 27.7 Å². The van der Waals surface area contributed by atoms with Gasteiger partial charge in [0.2, 0.25) is 0 Å². The first-order valence-corrected chi connectivity index (χ1v) is 6.94. The van der Waals surface area contributed by atoms with Gasteiger partial charge in [0.1, 0.15) is 0 Å². The minimum Gasteiger partial charge on any atom is -0.368 e. The normalized spacial score (nSPS) is 12.9. The van der Waals surface area contributed by atoms with Crippen molar-refractivity contribution in [3.8, 4) is 0 Å². The standard InChI is InChI=1S/C15H24FN3O/c1-6-17-13-12(16)11(7-8-18-13)14(20)19-9-10(2)15(3,4)5/h7-8,10H,6,9H2,1-5H3,(H,17,18)(H,19,20). The number of hydrogen-bond acceptors (Lipinski definition) is 3. The zero-order valence-corrected chi connectivity index (χ0v) is 12.9. The number of nitrogens with zero attached hydrogens (tertiary/aromatic N) is 1. The average Bonchev–Trinajstić information content (AvgIpc) is 2.37. The van der Waals surface area contributed by atoms with Gasteiger partial charge in [-0.15, -0.1) is 0 Å². The molecule has 0 saturated carbocycles. The highest BCUT2D eigenvalue weighted by molar-refractivity contribution is 5.95. The molecule has 0 aliphatic carbocycles. The third-order valence-corrected chi connectivity index (χ3v) is 3.53. The van der Waals surface area contributed by atoms with Gasteiger partial charge < -0.3 is 10.6 Å². The first-order chi connectivity index (χ1) is 9.27. The molecule has 1 atom stereocenters. The van der Waals surface area contributed by atoms with E-state index in [1.807, 2.05) is 6.92 Å². The van der Waals surface area contributed by atoms with Crippen LogP contribution in [0.3, 0.4) is 0 Å². The largest absolute Gasteiger partial charge is 0.368 e. The van der Waals surface area contributed by atoms with E-state index in [0.29, 0.717) is 19.0 Å². The number of aromatic nitrogens is 1. The Balaban J connectivity index is 2.76. The molecule has 112 valence electrons. The van der Waals surface area contributed by atoms with Crippen molar-refractivity contribution in [3.63, 3.8) is 0 Å². The quantitative estimate of drug-likeness (QED) is 0.872. The van der Waals surface area contributed by atoms with Gasteiger partial charge in [-0.25, -0.2) is 9.37 Å². The molecule has 1 rings (SSSR count). The van der Waals surface area contributed by atoms with Crippen molar-refractivity contribution in [3.05, 3.63) is 23.6 Å². The molecule has 0 saturated heterocycles. The number of carbonyl (C=O) groups is 1. The summed E-state index contributed by atoms with van der Waals surface area (Å²) in [6, 6.07) is 1.40. The maximum Gasteiger partial charge on any atom is 0.254 e. The Morgan fingerprint density at radius 2 is 2.10 bits per heavy atom. The van der Waals surface area contributed by atoms with E-state index in [2.05, 4.69) is 43.3 Å². The Bertz CT molecular complexity index is 469. The van der Waals surface area contributed by atoms with Gasteiger partial charge in [-0.3, -0.25) is 4.79 Å². The zero-order valence-electron chi connectivity index (χ0n) is 12.9. The number of anilines is 1. The van der Waals surface area contributed by atoms with E-state index in [9.17, 15) is 9.18 Å². The lowest BCUT2D eigenvalue weighted by atomic mass is 9.82. The van der Waals surface area contributed by atoms with Crippen molar-refractivity contribution >= 4 is 11.7 Å². The molecule has 0 aliphatic rings. The fraction of sp³-hybridized carbons (Fsp3) is 0.600. The van der Waals surface area contributed by atoms with E-state index in [0.717, 1.165) is 0 Å². The van der Waals surface area contributed by atoms with Crippen molar-refractivity contribution < 1.29 is 9.18 Å². The summed E-state index contributed by atoms with van der Waals surface area (Å²) in [7, 11) is 0. The molecule has 0 radical (unpaired) electrons. The SMILES string of the molecule is CCNc1nccc(C(=O)NCC(C)C(C)(C)C)c1F. The lowest BCUT2D eigenvalue weighted by Crippen LogP contribution is -2.34. The van der Waals surface area contributed by atoms with Crippen LogP contribution in [0.2, 0.25) is 0 Å². The molecule has 1 heterocycles. The fourth-order valence-corrected chi connectivity index (χ4v) is 1.56. The predicted molar refractivity (Wildman–Crippen MR) is 79.3 cm³/mol. The second-order valence-electron chi connectivity index (χ2n) is 6.03. The Hall–Kier alpha value is -1.65. The van der Waals surface area contributed by atoms with Crippen LogP contribution in [-0.4, -0.2) is 24.0 Å². The van der Waals surface area contributed by atoms with Crippen LogP contribution in [0.15, 0.2) is 12.3 Å². The van der Waals surface area contributed by atoms with Crippen molar-refractivity contribution in [2.75, 3.05) is 18.4 Å². The molecule has 0 spiro atoms. The predicted octanol–water partition coefficient (Wildman–Crippen LogP) is 3.06. The number of halogens is 1. The van der Waals surface area contributed by atoms with E-state index in [1.54, 1.807) is 0 Å². The Kier molecular flexibility index (Phi) is 5.48. The smallest absolute Gasteiger partial charge is 0.254 e. The summed E-state index contributed by atoms with van der Waals surface area (Å²) >= 11 is 0. The molecular weight excluding hydrogens is 257 g/mol. The summed E-state index contributed by atoms with van der Waals surface area (Å²) in [5, 5.41) is 5.58. The minimum atomic E-state index is -0.602. The van der Waals surface area contributed by atoms with Crippen LogP contribution in [0.5, 0.6) is 0 Å². The second kappa shape index (κ2) is 6.68. The lowest BCUT2D eigenvalue weighted by Gasteiger charge is -2.27. The first kappa shape index (κ1) is 16.4. The molecular formula is C15H24FN3O. The number of amides is 1. The molecule has 1 unspecified atom stereocenters. The van der Waals surface area contributed by atoms with Crippen molar-refractivity contribution in [1.29, 1.82) is 0 Å². The Labute approximate surface area is 120 Å². The molecule has 0 aromatic carbocycles. The van der Waals surface area contributed by atoms with Crippen LogP contribution in [0.25, 0.3) is 0 Å². The van der Waals surface area contributed by atoms with Gasteiger partial charge in [0.15, 0.2) is 11.6 Å². The molecule has 1 aromatic heterocycles. The highest BCUT2D eigenvalue weighted by Gasteiger charge is 2.22. The highest BCUT2D eigenvalue weighted by Crippen LogP contribution is 2.24. The maximum absolute atomic E-state index is 14.1. The second-order valence-corrected chi connectivity index (χ2v) is 6.03. The molecule has 4 nitrogen and oxygen atoms in total. The Morgan fingerprint density at radius 3 is 2.65 bits per heavy atom. The van der Waals surface area contributed by atoms with Gasteiger partial charge >= 0.3 is 0 Å². The summed E-state index contributed by atoms with van der Waals surface area (Å²) < 4.78 is 14.1. The third-order valence-electron chi connectivity index (χ3n) is 3.53. The summed E-state index contributed by atoms with van der Waals surface area (Å²) in [4.78, 5) is 15.9. The number of carbonyl (C=O) groups excluding carboxylic acids is 1. The average molecular weight is 281 g/mol. The van der Waals surface area contributed by atoms with E-state index < -0.39 is 11.7 Å².